The minimum Gasteiger partial charge on any atom is -0.503 e. The van der Waals surface area contributed by atoms with Gasteiger partial charge in [0.25, 0.3) is 5.91 Å². The molecular formula is C17H17BrN2O4. The Bertz CT molecular complexity index is 735. The topological polar surface area (TPSA) is 91.2 Å². The number of hydrogen-bond donors (Lipinski definition) is 3. The summed E-state index contributed by atoms with van der Waals surface area (Å²) in [4.78, 5) is 11.9. The second kappa shape index (κ2) is 8.47. The van der Waals surface area contributed by atoms with Crippen molar-refractivity contribution in [3.63, 3.8) is 0 Å². The van der Waals surface area contributed by atoms with Crippen LogP contribution in [-0.2, 0) is 4.79 Å². The molecule has 7 heteroatoms. The van der Waals surface area contributed by atoms with Gasteiger partial charge >= 0.3 is 0 Å². The molecule has 1 amide bonds. The lowest BCUT2D eigenvalue weighted by Crippen LogP contribution is -2.25. The molecule has 0 saturated carbocycles. The van der Waals surface area contributed by atoms with Crippen LogP contribution in [0.15, 0.2) is 52.0 Å². The molecule has 2 rings (SSSR count). The molecule has 0 aliphatic heterocycles. The number of benzene rings is 2. The van der Waals surface area contributed by atoms with Crippen LogP contribution in [0, 0.1) is 0 Å². The number of hydrazone groups is 1. The highest BCUT2D eigenvalue weighted by Crippen LogP contribution is 2.35. The van der Waals surface area contributed by atoms with E-state index < -0.39 is 12.0 Å². The van der Waals surface area contributed by atoms with Gasteiger partial charge in [-0.3, -0.25) is 4.79 Å². The number of carbonyl (C=O) groups is 1. The summed E-state index contributed by atoms with van der Waals surface area (Å²) in [5.41, 5.74) is 3.37. The number of ether oxygens (including phenoxy) is 1. The highest BCUT2D eigenvalue weighted by atomic mass is 79.9. The monoisotopic (exact) mass is 392 g/mol. The van der Waals surface area contributed by atoms with Crippen molar-refractivity contribution in [2.24, 2.45) is 5.10 Å². The number of aliphatic hydroxyl groups excluding tert-OH is 1. The Morgan fingerprint density at radius 1 is 1.38 bits per heavy atom. The van der Waals surface area contributed by atoms with E-state index in [1.807, 2.05) is 0 Å². The second-order valence-corrected chi connectivity index (χ2v) is 5.68. The summed E-state index contributed by atoms with van der Waals surface area (Å²) >= 11 is 3.22. The van der Waals surface area contributed by atoms with Crippen LogP contribution in [-0.4, -0.2) is 28.9 Å². The number of amides is 1. The zero-order valence-corrected chi connectivity index (χ0v) is 14.5. The van der Waals surface area contributed by atoms with Crippen LogP contribution in [0.3, 0.4) is 0 Å². The highest BCUT2D eigenvalue weighted by Gasteiger charge is 2.16. The highest BCUT2D eigenvalue weighted by molar-refractivity contribution is 9.10. The summed E-state index contributed by atoms with van der Waals surface area (Å²) in [6.07, 6.45) is 0.0939. The molecule has 3 N–H and O–H groups in total. The molecule has 0 bridgehead atoms. The van der Waals surface area contributed by atoms with Crippen LogP contribution in [0.1, 0.15) is 24.2 Å². The Hall–Kier alpha value is -2.38. The van der Waals surface area contributed by atoms with Crippen molar-refractivity contribution in [1.82, 2.24) is 5.43 Å². The third-order valence-electron chi connectivity index (χ3n) is 3.10. The lowest BCUT2D eigenvalue weighted by molar-refractivity contribution is -0.129. The Kier molecular flexibility index (Phi) is 6.34. The van der Waals surface area contributed by atoms with Crippen LogP contribution in [0.4, 0.5) is 0 Å². The normalized spacial score (nSPS) is 12.1. The van der Waals surface area contributed by atoms with Gasteiger partial charge in [0, 0.05) is 0 Å². The minimum absolute atomic E-state index is 0.00228. The number of aromatic hydroxyl groups is 1. The van der Waals surface area contributed by atoms with E-state index in [0.29, 0.717) is 28.0 Å². The fourth-order valence-corrected chi connectivity index (χ4v) is 2.41. The molecule has 2 aromatic carbocycles. The summed E-state index contributed by atoms with van der Waals surface area (Å²) in [6, 6.07) is 11.8. The SMILES string of the molecule is CCOc1cc(/C=N/NC(=O)[C@H](O)c2ccccc2)cc(Br)c1O. The van der Waals surface area contributed by atoms with Crippen molar-refractivity contribution in [3.05, 3.63) is 58.1 Å². The number of hydrogen-bond acceptors (Lipinski definition) is 5. The summed E-state index contributed by atoms with van der Waals surface area (Å²) in [7, 11) is 0. The molecule has 0 aromatic heterocycles. The van der Waals surface area contributed by atoms with E-state index in [4.69, 9.17) is 4.74 Å². The molecule has 0 spiro atoms. The number of halogens is 1. The van der Waals surface area contributed by atoms with Gasteiger partial charge in [-0.05, 0) is 46.1 Å². The summed E-state index contributed by atoms with van der Waals surface area (Å²) in [5, 5.41) is 23.6. The summed E-state index contributed by atoms with van der Waals surface area (Å²) < 4.78 is 5.76. The molecule has 0 saturated heterocycles. The molecule has 126 valence electrons. The largest absolute Gasteiger partial charge is 0.503 e. The Balaban J connectivity index is 2.05. The average molecular weight is 393 g/mol. The van der Waals surface area contributed by atoms with Crippen LogP contribution in [0.25, 0.3) is 0 Å². The van der Waals surface area contributed by atoms with Crippen LogP contribution >= 0.6 is 15.9 Å². The maximum absolute atomic E-state index is 11.9. The molecule has 1 atom stereocenters. The standard InChI is InChI=1S/C17H17BrN2O4/c1-2-24-14-9-11(8-13(18)16(14)22)10-19-20-17(23)15(21)12-6-4-3-5-7-12/h3-10,15,21-22H,2H2,1H3,(H,20,23)/b19-10+/t15-/m1/s1. The fraction of sp³-hybridized carbons (Fsp3) is 0.176. The van der Waals surface area contributed by atoms with E-state index >= 15 is 0 Å². The number of carbonyl (C=O) groups excluding carboxylic acids is 1. The van der Waals surface area contributed by atoms with Crippen LogP contribution in [0.5, 0.6) is 11.5 Å². The van der Waals surface area contributed by atoms with Crippen molar-refractivity contribution in [2.45, 2.75) is 13.0 Å². The second-order valence-electron chi connectivity index (χ2n) is 4.83. The first-order chi connectivity index (χ1) is 11.5. The maximum atomic E-state index is 11.9. The van der Waals surface area contributed by atoms with E-state index in [0.717, 1.165) is 0 Å². The van der Waals surface area contributed by atoms with Gasteiger partial charge in [-0.15, -0.1) is 0 Å². The lowest BCUT2D eigenvalue weighted by atomic mass is 10.1. The molecular weight excluding hydrogens is 376 g/mol. The van der Waals surface area contributed by atoms with E-state index in [-0.39, 0.29) is 5.75 Å². The van der Waals surface area contributed by atoms with Crippen LogP contribution < -0.4 is 10.2 Å². The zero-order chi connectivity index (χ0) is 17.5. The van der Waals surface area contributed by atoms with Crippen LogP contribution in [0.2, 0.25) is 0 Å². The molecule has 0 fully saturated rings. The molecule has 0 unspecified atom stereocenters. The Morgan fingerprint density at radius 2 is 2.08 bits per heavy atom. The molecule has 0 aliphatic rings. The first-order valence-corrected chi connectivity index (χ1v) is 8.03. The van der Waals surface area contributed by atoms with E-state index in [9.17, 15) is 15.0 Å². The third kappa shape index (κ3) is 4.56. The molecule has 0 radical (unpaired) electrons. The van der Waals surface area contributed by atoms with Crippen molar-refractivity contribution >= 4 is 28.1 Å². The average Bonchev–Trinajstić information content (AvgIpc) is 2.59. The van der Waals surface area contributed by atoms with E-state index in [1.165, 1.54) is 6.21 Å². The molecule has 6 nitrogen and oxygen atoms in total. The molecule has 24 heavy (non-hydrogen) atoms. The quantitative estimate of drug-likeness (QED) is 0.520. The first kappa shape index (κ1) is 18.0. The van der Waals surface area contributed by atoms with Gasteiger partial charge < -0.3 is 14.9 Å². The number of nitrogens with one attached hydrogen (secondary N) is 1. The van der Waals surface area contributed by atoms with Gasteiger partial charge in [0.1, 0.15) is 0 Å². The smallest absolute Gasteiger partial charge is 0.273 e. The number of rotatable bonds is 6. The van der Waals surface area contributed by atoms with Gasteiger partial charge in [-0.2, -0.15) is 5.10 Å². The predicted molar refractivity (Wildman–Crippen MR) is 94.1 cm³/mol. The van der Waals surface area contributed by atoms with Crippen molar-refractivity contribution in [3.8, 4) is 11.5 Å². The van der Waals surface area contributed by atoms with Gasteiger partial charge in [0.05, 0.1) is 17.3 Å². The Morgan fingerprint density at radius 3 is 2.75 bits per heavy atom. The number of phenols is 1. The number of aliphatic hydroxyl groups is 1. The minimum atomic E-state index is -1.30. The molecule has 2 aromatic rings. The van der Waals surface area contributed by atoms with Crippen molar-refractivity contribution in [1.29, 1.82) is 0 Å². The van der Waals surface area contributed by atoms with Gasteiger partial charge in [0.15, 0.2) is 17.6 Å². The maximum Gasteiger partial charge on any atom is 0.273 e. The zero-order valence-electron chi connectivity index (χ0n) is 12.9. The summed E-state index contributed by atoms with van der Waals surface area (Å²) in [5.74, 6) is -0.332. The Labute approximate surface area is 147 Å². The number of phenolic OH excluding ortho intramolecular Hbond substituents is 1. The summed E-state index contributed by atoms with van der Waals surface area (Å²) in [6.45, 7) is 2.21. The van der Waals surface area contributed by atoms with Gasteiger partial charge in [-0.1, -0.05) is 30.3 Å². The van der Waals surface area contributed by atoms with E-state index in [1.54, 1.807) is 49.4 Å². The number of nitrogens with zero attached hydrogens (tertiary/aromatic N) is 1. The molecule has 0 heterocycles. The predicted octanol–water partition coefficient (Wildman–Crippen LogP) is 2.74. The van der Waals surface area contributed by atoms with Crippen molar-refractivity contribution in [2.75, 3.05) is 6.61 Å². The first-order valence-electron chi connectivity index (χ1n) is 7.24. The lowest BCUT2D eigenvalue weighted by Gasteiger charge is -2.09. The molecule has 0 aliphatic carbocycles. The van der Waals surface area contributed by atoms with Gasteiger partial charge in [0.2, 0.25) is 0 Å². The van der Waals surface area contributed by atoms with E-state index in [2.05, 4.69) is 26.5 Å². The van der Waals surface area contributed by atoms with Gasteiger partial charge in [-0.25, -0.2) is 5.43 Å². The third-order valence-corrected chi connectivity index (χ3v) is 3.71. The fourth-order valence-electron chi connectivity index (χ4n) is 1.95. The van der Waals surface area contributed by atoms with Crippen molar-refractivity contribution < 1.29 is 19.7 Å².